The fourth-order valence-corrected chi connectivity index (χ4v) is 1.15. The van der Waals surface area contributed by atoms with Crippen LogP contribution in [0.5, 0.6) is 5.75 Å². The molecule has 1 rings (SSSR count). The molecule has 1 aromatic carbocycles. The number of aryl methyl sites for hydroxylation is 1. The van der Waals surface area contributed by atoms with Gasteiger partial charge in [0.05, 0.1) is 5.56 Å². The molecule has 0 aliphatic carbocycles. The van der Waals surface area contributed by atoms with Crippen molar-refractivity contribution in [3.05, 3.63) is 29.3 Å². The fraction of sp³-hybridized carbons (Fsp3) is 0.364. The van der Waals surface area contributed by atoms with Crippen LogP contribution in [0.1, 0.15) is 15.9 Å². The van der Waals surface area contributed by atoms with Crippen LogP contribution in [0.2, 0.25) is 0 Å². The van der Waals surface area contributed by atoms with Gasteiger partial charge in [0, 0.05) is 0 Å². The highest BCUT2D eigenvalue weighted by atomic mass is 19.4. The Morgan fingerprint density at radius 2 is 2.12 bits per heavy atom. The van der Waals surface area contributed by atoms with Crippen molar-refractivity contribution in [2.45, 2.75) is 19.2 Å². The summed E-state index contributed by atoms with van der Waals surface area (Å²) >= 11 is 0. The number of carbonyl (C=O) groups excluding carboxylic acids is 1. The Morgan fingerprint density at radius 1 is 1.47 bits per heavy atom. The predicted molar refractivity (Wildman–Crippen MR) is 54.1 cm³/mol. The number of aliphatic hydroxyl groups is 1. The summed E-state index contributed by atoms with van der Waals surface area (Å²) in [6, 6.07) is 4.48. The Labute approximate surface area is 95.8 Å². The normalized spacial score (nSPS) is 13.2. The van der Waals surface area contributed by atoms with Crippen molar-refractivity contribution in [3.63, 3.8) is 0 Å². The molecule has 1 N–H and O–H groups in total. The molecule has 0 saturated heterocycles. The van der Waals surface area contributed by atoms with E-state index in [9.17, 15) is 18.0 Å². The van der Waals surface area contributed by atoms with Crippen LogP contribution in [0.3, 0.4) is 0 Å². The van der Waals surface area contributed by atoms with Crippen LogP contribution in [0.25, 0.3) is 0 Å². The highest BCUT2D eigenvalue weighted by molar-refractivity contribution is 5.79. The molecule has 0 aliphatic heterocycles. The first kappa shape index (κ1) is 13.5. The second-order valence-corrected chi connectivity index (χ2v) is 3.53. The second-order valence-electron chi connectivity index (χ2n) is 3.53. The van der Waals surface area contributed by atoms with Crippen molar-refractivity contribution in [2.75, 3.05) is 6.61 Å². The molecular formula is C11H11F3O3. The van der Waals surface area contributed by atoms with Gasteiger partial charge >= 0.3 is 6.18 Å². The quantitative estimate of drug-likeness (QED) is 0.830. The third-order valence-corrected chi connectivity index (χ3v) is 2.07. The van der Waals surface area contributed by atoms with Gasteiger partial charge in [-0.3, -0.25) is 4.79 Å². The van der Waals surface area contributed by atoms with Crippen LogP contribution < -0.4 is 4.74 Å². The van der Waals surface area contributed by atoms with E-state index in [2.05, 4.69) is 0 Å². The largest absolute Gasteiger partial charge is 0.490 e. The molecule has 6 heteroatoms. The standard InChI is InChI=1S/C11H11F3O3/c1-7-2-3-9(8(4-7)5-15)17-6-10(16)11(12,13)14/h2-5,10,16H,6H2,1H3. The Morgan fingerprint density at radius 3 is 2.65 bits per heavy atom. The molecule has 0 heterocycles. The van der Waals surface area contributed by atoms with Crippen molar-refractivity contribution in [3.8, 4) is 5.75 Å². The average molecular weight is 248 g/mol. The highest BCUT2D eigenvalue weighted by Gasteiger charge is 2.38. The number of aliphatic hydroxyl groups excluding tert-OH is 1. The van der Waals surface area contributed by atoms with Gasteiger partial charge in [-0.05, 0) is 19.1 Å². The Kier molecular flexibility index (Phi) is 4.11. The van der Waals surface area contributed by atoms with Gasteiger partial charge in [-0.25, -0.2) is 0 Å². The van der Waals surface area contributed by atoms with Crippen molar-refractivity contribution >= 4 is 6.29 Å². The Balaban J connectivity index is 2.73. The molecule has 1 aromatic rings. The molecule has 17 heavy (non-hydrogen) atoms. The van der Waals surface area contributed by atoms with E-state index in [4.69, 9.17) is 9.84 Å². The van der Waals surface area contributed by atoms with Crippen LogP contribution in [-0.2, 0) is 0 Å². The molecule has 1 atom stereocenters. The summed E-state index contributed by atoms with van der Waals surface area (Å²) in [5.74, 6) is 0.0221. The van der Waals surface area contributed by atoms with Crippen molar-refractivity contribution in [1.29, 1.82) is 0 Å². The maximum Gasteiger partial charge on any atom is 0.417 e. The molecular weight excluding hydrogens is 237 g/mol. The first-order valence-electron chi connectivity index (χ1n) is 4.78. The molecule has 0 amide bonds. The third-order valence-electron chi connectivity index (χ3n) is 2.07. The lowest BCUT2D eigenvalue weighted by Gasteiger charge is -2.16. The smallest absolute Gasteiger partial charge is 0.417 e. The molecule has 1 unspecified atom stereocenters. The predicted octanol–water partition coefficient (Wildman–Crippen LogP) is 2.11. The summed E-state index contributed by atoms with van der Waals surface area (Å²) in [6.45, 7) is 0.800. The maximum absolute atomic E-state index is 12.0. The second kappa shape index (κ2) is 5.18. The molecule has 0 bridgehead atoms. The SMILES string of the molecule is Cc1ccc(OCC(O)C(F)(F)F)c(C=O)c1. The van der Waals surface area contributed by atoms with E-state index >= 15 is 0 Å². The molecule has 94 valence electrons. The molecule has 0 saturated carbocycles. The van der Waals surface area contributed by atoms with E-state index in [0.29, 0.717) is 6.29 Å². The van der Waals surface area contributed by atoms with Gasteiger partial charge in [-0.15, -0.1) is 0 Å². The number of ether oxygens (including phenoxy) is 1. The molecule has 3 nitrogen and oxygen atoms in total. The van der Waals surface area contributed by atoms with E-state index < -0.39 is 18.9 Å². The van der Waals surface area contributed by atoms with Crippen LogP contribution in [-0.4, -0.2) is 30.3 Å². The lowest BCUT2D eigenvalue weighted by atomic mass is 10.1. The lowest BCUT2D eigenvalue weighted by Crippen LogP contribution is -2.34. The summed E-state index contributed by atoms with van der Waals surface area (Å²) in [5.41, 5.74) is 0.940. The van der Waals surface area contributed by atoms with Gasteiger partial charge in [-0.1, -0.05) is 11.6 Å². The number of alkyl halides is 3. The molecule has 0 aromatic heterocycles. The lowest BCUT2D eigenvalue weighted by molar-refractivity contribution is -0.210. The minimum Gasteiger partial charge on any atom is -0.490 e. The Hall–Kier alpha value is -1.56. The number of benzene rings is 1. The molecule has 0 aliphatic rings. The number of hydrogen-bond donors (Lipinski definition) is 1. The van der Waals surface area contributed by atoms with Crippen LogP contribution >= 0.6 is 0 Å². The Bertz CT molecular complexity index is 401. The minimum atomic E-state index is -4.73. The van der Waals surface area contributed by atoms with Gasteiger partial charge in [0.1, 0.15) is 12.4 Å². The minimum absolute atomic E-state index is 0.0221. The maximum atomic E-state index is 12.0. The van der Waals surface area contributed by atoms with E-state index in [1.165, 1.54) is 12.1 Å². The number of halogens is 3. The fourth-order valence-electron chi connectivity index (χ4n) is 1.15. The molecule has 0 spiro atoms. The summed E-state index contributed by atoms with van der Waals surface area (Å²) in [7, 11) is 0. The first-order chi connectivity index (χ1) is 7.84. The summed E-state index contributed by atoms with van der Waals surface area (Å²) < 4.78 is 40.8. The van der Waals surface area contributed by atoms with Gasteiger partial charge in [0.2, 0.25) is 0 Å². The van der Waals surface area contributed by atoms with Gasteiger partial charge in [0.25, 0.3) is 0 Å². The van der Waals surface area contributed by atoms with Gasteiger partial charge in [0.15, 0.2) is 12.4 Å². The summed E-state index contributed by atoms with van der Waals surface area (Å²) in [5, 5.41) is 8.73. The average Bonchev–Trinajstić information content (AvgIpc) is 2.25. The zero-order valence-electron chi connectivity index (χ0n) is 8.99. The number of rotatable bonds is 4. The topological polar surface area (TPSA) is 46.5 Å². The van der Waals surface area contributed by atoms with Crippen molar-refractivity contribution < 1.29 is 27.8 Å². The van der Waals surface area contributed by atoms with Crippen LogP contribution in [0.15, 0.2) is 18.2 Å². The van der Waals surface area contributed by atoms with Crippen LogP contribution in [0.4, 0.5) is 13.2 Å². The van der Waals surface area contributed by atoms with E-state index in [1.807, 2.05) is 0 Å². The molecule has 0 fully saturated rings. The summed E-state index contributed by atoms with van der Waals surface area (Å²) in [4.78, 5) is 10.7. The number of carbonyl (C=O) groups is 1. The van der Waals surface area contributed by atoms with E-state index in [1.54, 1.807) is 13.0 Å². The van der Waals surface area contributed by atoms with Gasteiger partial charge in [-0.2, -0.15) is 13.2 Å². The van der Waals surface area contributed by atoms with Crippen LogP contribution in [0, 0.1) is 6.92 Å². The highest BCUT2D eigenvalue weighted by Crippen LogP contribution is 2.23. The monoisotopic (exact) mass is 248 g/mol. The van der Waals surface area contributed by atoms with Gasteiger partial charge < -0.3 is 9.84 Å². The first-order valence-corrected chi connectivity index (χ1v) is 4.78. The van der Waals surface area contributed by atoms with E-state index in [-0.39, 0.29) is 11.3 Å². The third kappa shape index (κ3) is 3.74. The van der Waals surface area contributed by atoms with E-state index in [0.717, 1.165) is 5.56 Å². The van der Waals surface area contributed by atoms with Crippen molar-refractivity contribution in [1.82, 2.24) is 0 Å². The number of aldehydes is 1. The zero-order chi connectivity index (χ0) is 13.1. The number of hydrogen-bond acceptors (Lipinski definition) is 3. The molecule has 0 radical (unpaired) electrons. The van der Waals surface area contributed by atoms with Crippen molar-refractivity contribution in [2.24, 2.45) is 0 Å². The zero-order valence-corrected chi connectivity index (χ0v) is 8.99. The summed E-state index contributed by atoms with van der Waals surface area (Å²) in [6.07, 6.45) is -6.81.